The molecule has 0 spiro atoms. The maximum Gasteiger partial charge on any atom is 0.410 e. The molecule has 2 aliphatic carbocycles. The molecule has 1 amide bonds. The summed E-state index contributed by atoms with van der Waals surface area (Å²) in [5.41, 5.74) is 2.19. The molecule has 23 heavy (non-hydrogen) atoms. The summed E-state index contributed by atoms with van der Waals surface area (Å²) in [5.74, 6) is 1.16. The molecular formula is C18H25N3O2. The number of hydrogen-bond donors (Lipinski definition) is 1. The van der Waals surface area contributed by atoms with Gasteiger partial charge in [0, 0.05) is 25.3 Å². The summed E-state index contributed by atoms with van der Waals surface area (Å²) in [6.45, 7) is 7.38. The van der Waals surface area contributed by atoms with Crippen LogP contribution in [0.5, 0.6) is 0 Å². The molecule has 0 aromatic carbocycles. The van der Waals surface area contributed by atoms with E-state index in [4.69, 9.17) is 4.74 Å². The van der Waals surface area contributed by atoms with Gasteiger partial charge < -0.3 is 15.0 Å². The highest BCUT2D eigenvalue weighted by Crippen LogP contribution is 2.47. The van der Waals surface area contributed by atoms with Crippen LogP contribution in [-0.4, -0.2) is 40.7 Å². The third kappa shape index (κ3) is 2.82. The molecule has 2 heterocycles. The average molecular weight is 315 g/mol. The topological polar surface area (TPSA) is 54.5 Å². The number of aromatic nitrogens is 1. The lowest BCUT2D eigenvalue weighted by Crippen LogP contribution is -2.39. The molecule has 5 heteroatoms. The molecule has 1 aromatic heterocycles. The Hall–Kier alpha value is -1.62. The van der Waals surface area contributed by atoms with Crippen molar-refractivity contribution in [3.05, 3.63) is 29.6 Å². The number of nitrogens with one attached hydrogen (secondary N) is 1. The summed E-state index contributed by atoms with van der Waals surface area (Å²) < 4.78 is 5.46. The fourth-order valence-corrected chi connectivity index (χ4v) is 4.06. The first-order valence-electron chi connectivity index (χ1n) is 8.60. The summed E-state index contributed by atoms with van der Waals surface area (Å²) in [6, 6.07) is 5.12. The molecule has 1 aliphatic heterocycles. The van der Waals surface area contributed by atoms with Crippen LogP contribution in [0.1, 0.15) is 44.5 Å². The van der Waals surface area contributed by atoms with Crippen LogP contribution >= 0.6 is 0 Å². The monoisotopic (exact) mass is 315 g/mol. The molecule has 0 bridgehead atoms. The van der Waals surface area contributed by atoms with Crippen molar-refractivity contribution in [3.8, 4) is 0 Å². The lowest BCUT2D eigenvalue weighted by atomic mass is 10.2. The summed E-state index contributed by atoms with van der Waals surface area (Å²) in [7, 11) is 0. The number of carbonyl (C=O) groups is 1. The number of likely N-dealkylation sites (tertiary alicyclic amines) is 1. The molecule has 3 atom stereocenters. The molecule has 1 saturated heterocycles. The fourth-order valence-electron chi connectivity index (χ4n) is 4.06. The first-order chi connectivity index (χ1) is 10.9. The quantitative estimate of drug-likeness (QED) is 0.911. The Kier molecular flexibility index (Phi) is 3.38. The van der Waals surface area contributed by atoms with Crippen LogP contribution in [0.4, 0.5) is 4.79 Å². The van der Waals surface area contributed by atoms with E-state index in [1.54, 1.807) is 0 Å². The number of amides is 1. The largest absolute Gasteiger partial charge is 0.444 e. The summed E-state index contributed by atoms with van der Waals surface area (Å²) in [6.07, 6.45) is 3.97. The summed E-state index contributed by atoms with van der Waals surface area (Å²) >= 11 is 0. The number of hydrogen-bond acceptors (Lipinski definition) is 4. The average Bonchev–Trinajstić information content (AvgIpc) is 2.87. The Balaban J connectivity index is 1.31. The van der Waals surface area contributed by atoms with Gasteiger partial charge in [-0.25, -0.2) is 4.79 Å². The SMILES string of the molecule is CC(C)(C)OC(=O)N1CC2C(C1)C2NC1CCc2cccnc21. The smallest absolute Gasteiger partial charge is 0.410 e. The van der Waals surface area contributed by atoms with Gasteiger partial charge in [0.25, 0.3) is 0 Å². The second-order valence-corrected chi connectivity index (χ2v) is 8.04. The van der Waals surface area contributed by atoms with Crippen molar-refractivity contribution < 1.29 is 9.53 Å². The highest BCUT2D eigenvalue weighted by molar-refractivity contribution is 5.69. The summed E-state index contributed by atoms with van der Waals surface area (Å²) in [4.78, 5) is 18.5. The number of fused-ring (bicyclic) bond motifs is 2. The molecular weight excluding hydrogens is 290 g/mol. The number of nitrogens with zero attached hydrogens (tertiary/aromatic N) is 2. The number of aryl methyl sites for hydroxylation is 1. The van der Waals surface area contributed by atoms with Crippen molar-refractivity contribution >= 4 is 6.09 Å². The van der Waals surface area contributed by atoms with Gasteiger partial charge in [-0.05, 0) is 57.1 Å². The van der Waals surface area contributed by atoms with Crippen molar-refractivity contribution in [3.63, 3.8) is 0 Å². The Labute approximate surface area is 137 Å². The third-order valence-electron chi connectivity index (χ3n) is 5.20. The minimum Gasteiger partial charge on any atom is -0.444 e. The lowest BCUT2D eigenvalue weighted by molar-refractivity contribution is 0.0268. The normalized spacial score (nSPS) is 31.7. The van der Waals surface area contributed by atoms with E-state index < -0.39 is 5.60 Å². The molecule has 5 nitrogen and oxygen atoms in total. The zero-order valence-corrected chi connectivity index (χ0v) is 14.1. The van der Waals surface area contributed by atoms with Crippen molar-refractivity contribution in [2.75, 3.05) is 13.1 Å². The Morgan fingerprint density at radius 3 is 2.78 bits per heavy atom. The maximum atomic E-state index is 12.1. The third-order valence-corrected chi connectivity index (χ3v) is 5.20. The van der Waals surface area contributed by atoms with E-state index in [2.05, 4.69) is 16.4 Å². The van der Waals surface area contributed by atoms with Gasteiger partial charge in [-0.15, -0.1) is 0 Å². The molecule has 4 rings (SSSR count). The maximum absolute atomic E-state index is 12.1. The first kappa shape index (κ1) is 14.9. The molecule has 0 radical (unpaired) electrons. The predicted octanol–water partition coefficient (Wildman–Crippen LogP) is 2.52. The lowest BCUT2D eigenvalue weighted by Gasteiger charge is -2.26. The zero-order valence-electron chi connectivity index (χ0n) is 14.1. The van der Waals surface area contributed by atoms with Crippen molar-refractivity contribution in [2.24, 2.45) is 11.8 Å². The van der Waals surface area contributed by atoms with Gasteiger partial charge in [0.15, 0.2) is 0 Å². The van der Waals surface area contributed by atoms with Crippen molar-refractivity contribution in [1.82, 2.24) is 15.2 Å². The Morgan fingerprint density at radius 1 is 1.35 bits per heavy atom. The molecule has 1 N–H and O–H groups in total. The minimum atomic E-state index is -0.416. The van der Waals surface area contributed by atoms with Crippen LogP contribution in [0.25, 0.3) is 0 Å². The molecule has 1 saturated carbocycles. The van der Waals surface area contributed by atoms with Crippen LogP contribution < -0.4 is 5.32 Å². The van der Waals surface area contributed by atoms with Gasteiger partial charge in [0.2, 0.25) is 0 Å². The van der Waals surface area contributed by atoms with E-state index in [9.17, 15) is 4.79 Å². The molecule has 1 aromatic rings. The van der Waals surface area contributed by atoms with Crippen LogP contribution in [0, 0.1) is 11.8 Å². The number of carbonyl (C=O) groups excluding carboxylic acids is 1. The number of rotatable bonds is 2. The van der Waals surface area contributed by atoms with Crippen LogP contribution in [0.2, 0.25) is 0 Å². The second-order valence-electron chi connectivity index (χ2n) is 8.04. The number of piperidine rings is 1. The zero-order chi connectivity index (χ0) is 16.2. The predicted molar refractivity (Wildman–Crippen MR) is 87.0 cm³/mol. The van der Waals surface area contributed by atoms with E-state index >= 15 is 0 Å². The van der Waals surface area contributed by atoms with Crippen LogP contribution in [-0.2, 0) is 11.2 Å². The van der Waals surface area contributed by atoms with E-state index in [0.29, 0.717) is 23.9 Å². The molecule has 3 aliphatic rings. The van der Waals surface area contributed by atoms with Crippen molar-refractivity contribution in [2.45, 2.75) is 51.3 Å². The number of pyridine rings is 1. The van der Waals surface area contributed by atoms with Crippen molar-refractivity contribution in [1.29, 1.82) is 0 Å². The first-order valence-corrected chi connectivity index (χ1v) is 8.60. The standard InChI is InChI=1S/C18H25N3O2/c1-18(2,3)23-17(22)21-9-12-13(10-21)16(12)20-14-7-6-11-5-4-8-19-15(11)14/h4-5,8,12-14,16,20H,6-7,9-10H2,1-3H3. The highest BCUT2D eigenvalue weighted by atomic mass is 16.6. The van der Waals surface area contributed by atoms with Gasteiger partial charge in [0.05, 0.1) is 11.7 Å². The number of ether oxygens (including phenoxy) is 1. The van der Waals surface area contributed by atoms with E-state index in [0.717, 1.165) is 25.9 Å². The van der Waals surface area contributed by atoms with Gasteiger partial charge in [-0.2, -0.15) is 0 Å². The second kappa shape index (κ2) is 5.20. The van der Waals surface area contributed by atoms with Crippen LogP contribution in [0.15, 0.2) is 18.3 Å². The Bertz CT molecular complexity index is 613. The molecule has 3 unspecified atom stereocenters. The van der Waals surface area contributed by atoms with E-state index in [-0.39, 0.29) is 6.09 Å². The van der Waals surface area contributed by atoms with E-state index in [1.165, 1.54) is 11.3 Å². The van der Waals surface area contributed by atoms with Gasteiger partial charge >= 0.3 is 6.09 Å². The minimum absolute atomic E-state index is 0.170. The molecule has 124 valence electrons. The van der Waals surface area contributed by atoms with E-state index in [1.807, 2.05) is 37.9 Å². The van der Waals surface area contributed by atoms with Gasteiger partial charge in [-0.3, -0.25) is 4.98 Å². The fraction of sp³-hybridized carbons (Fsp3) is 0.667. The molecule has 2 fully saturated rings. The van der Waals surface area contributed by atoms with Gasteiger partial charge in [-0.1, -0.05) is 6.07 Å². The highest BCUT2D eigenvalue weighted by Gasteiger charge is 2.57. The summed E-state index contributed by atoms with van der Waals surface area (Å²) in [5, 5.41) is 3.78. The van der Waals surface area contributed by atoms with Gasteiger partial charge in [0.1, 0.15) is 5.60 Å². The Morgan fingerprint density at radius 2 is 2.09 bits per heavy atom. The van der Waals surface area contributed by atoms with Crippen LogP contribution in [0.3, 0.4) is 0 Å².